The van der Waals surface area contributed by atoms with Crippen molar-refractivity contribution in [2.24, 2.45) is 0 Å². The summed E-state index contributed by atoms with van der Waals surface area (Å²) < 4.78 is 2.27. The number of carbonyl (C=O) groups is 1. The first-order valence-corrected chi connectivity index (χ1v) is 11.3. The average molecular weight is 454 g/mol. The van der Waals surface area contributed by atoms with Crippen LogP contribution in [0.25, 0.3) is 11.8 Å². The molecule has 1 amide bonds. The van der Waals surface area contributed by atoms with Crippen molar-refractivity contribution in [2.45, 2.75) is 4.90 Å². The average Bonchev–Trinajstić information content (AvgIpc) is 3.32. The number of benzene rings is 2. The first-order chi connectivity index (χ1) is 14.5. The maximum Gasteiger partial charge on any atom is 0.271 e. The van der Waals surface area contributed by atoms with Crippen molar-refractivity contribution in [1.29, 1.82) is 0 Å². The van der Waals surface area contributed by atoms with Gasteiger partial charge in [0.05, 0.1) is 21.2 Å². The lowest BCUT2D eigenvalue weighted by atomic mass is 10.2. The highest BCUT2D eigenvalue weighted by atomic mass is 32.2. The molecule has 2 heterocycles. The molecule has 6 nitrogen and oxygen atoms in total. The number of rotatable bonds is 5. The Bertz CT molecular complexity index is 1200. The van der Waals surface area contributed by atoms with E-state index in [-0.39, 0.29) is 11.6 Å². The van der Waals surface area contributed by atoms with Crippen molar-refractivity contribution < 1.29 is 9.72 Å². The van der Waals surface area contributed by atoms with Crippen LogP contribution in [0.4, 0.5) is 11.4 Å². The third kappa shape index (κ3) is 3.91. The van der Waals surface area contributed by atoms with Gasteiger partial charge in [0.1, 0.15) is 0 Å². The minimum absolute atomic E-state index is 0.00662. The summed E-state index contributed by atoms with van der Waals surface area (Å²) in [5.41, 5.74) is 2.12. The monoisotopic (exact) mass is 453 g/mol. The third-order valence-electron chi connectivity index (χ3n) is 4.48. The maximum atomic E-state index is 13.1. The molecule has 3 aromatic rings. The molecule has 0 saturated carbocycles. The fourth-order valence-electron chi connectivity index (χ4n) is 3.08. The number of amides is 1. The molecule has 0 bridgehead atoms. The van der Waals surface area contributed by atoms with Crippen molar-refractivity contribution in [3.05, 3.63) is 87.6 Å². The smallest absolute Gasteiger partial charge is 0.271 e. The first kappa shape index (κ1) is 20.4. The molecule has 0 atom stereocenters. The number of hydrogen-bond acceptors (Lipinski definition) is 6. The van der Waals surface area contributed by atoms with Gasteiger partial charge in [-0.2, -0.15) is 0 Å². The summed E-state index contributed by atoms with van der Waals surface area (Å²) >= 11 is 8.30. The van der Waals surface area contributed by atoms with E-state index in [1.165, 1.54) is 28.8 Å². The molecule has 30 heavy (non-hydrogen) atoms. The highest BCUT2D eigenvalue weighted by Crippen LogP contribution is 2.37. The summed E-state index contributed by atoms with van der Waals surface area (Å²) in [5.74, 6) is -0.185. The van der Waals surface area contributed by atoms with Crippen LogP contribution < -0.4 is 4.90 Å². The molecule has 150 valence electrons. The fourth-order valence-corrected chi connectivity index (χ4v) is 4.81. The minimum Gasteiger partial charge on any atom is -0.317 e. The topological polar surface area (TPSA) is 68.4 Å². The second kappa shape index (κ2) is 8.47. The van der Waals surface area contributed by atoms with E-state index in [1.54, 1.807) is 40.7 Å². The molecule has 1 fully saturated rings. The Morgan fingerprint density at radius 2 is 1.87 bits per heavy atom. The second-order valence-electron chi connectivity index (χ2n) is 6.30. The van der Waals surface area contributed by atoms with Crippen LogP contribution in [0.1, 0.15) is 5.69 Å². The van der Waals surface area contributed by atoms with E-state index >= 15 is 0 Å². The highest BCUT2D eigenvalue weighted by molar-refractivity contribution is 8.27. The Hall–Kier alpha value is -2.88. The number of carbonyl (C=O) groups excluding carboxylic acids is 1. The Morgan fingerprint density at radius 1 is 1.10 bits per heavy atom. The minimum atomic E-state index is -0.430. The van der Waals surface area contributed by atoms with Crippen LogP contribution in [0.2, 0.25) is 0 Å². The van der Waals surface area contributed by atoms with Crippen LogP contribution >= 0.6 is 35.7 Å². The number of thiocarbonyl (C=S) groups is 1. The van der Waals surface area contributed by atoms with Crippen LogP contribution in [0.5, 0.6) is 0 Å². The molecule has 0 spiro atoms. The van der Waals surface area contributed by atoms with E-state index in [4.69, 9.17) is 12.2 Å². The fraction of sp³-hybridized carbons (Fsp3) is 0.0476. The van der Waals surface area contributed by atoms with Gasteiger partial charge in [-0.3, -0.25) is 19.8 Å². The van der Waals surface area contributed by atoms with Gasteiger partial charge in [-0.15, -0.1) is 11.8 Å². The van der Waals surface area contributed by atoms with E-state index in [2.05, 4.69) is 0 Å². The summed E-state index contributed by atoms with van der Waals surface area (Å²) in [6, 6.07) is 17.7. The number of anilines is 1. The van der Waals surface area contributed by atoms with Crippen molar-refractivity contribution >= 4 is 63.4 Å². The van der Waals surface area contributed by atoms with E-state index in [0.29, 0.717) is 14.9 Å². The van der Waals surface area contributed by atoms with Crippen LogP contribution in [0, 0.1) is 10.1 Å². The normalized spacial score (nSPS) is 15.2. The Kier molecular flexibility index (Phi) is 5.76. The van der Waals surface area contributed by atoms with Crippen molar-refractivity contribution in [3.63, 3.8) is 0 Å². The van der Waals surface area contributed by atoms with Gasteiger partial charge in [-0.1, -0.05) is 36.1 Å². The van der Waals surface area contributed by atoms with Crippen LogP contribution in [-0.2, 0) is 4.79 Å². The van der Waals surface area contributed by atoms with Gasteiger partial charge in [0, 0.05) is 28.9 Å². The van der Waals surface area contributed by atoms with Crippen molar-refractivity contribution in [3.8, 4) is 5.69 Å². The van der Waals surface area contributed by atoms with E-state index in [1.807, 2.05) is 42.7 Å². The zero-order valence-electron chi connectivity index (χ0n) is 15.7. The summed E-state index contributed by atoms with van der Waals surface area (Å²) in [5, 5.41) is 11.1. The molecular weight excluding hydrogens is 438 g/mol. The second-order valence-corrected chi connectivity index (χ2v) is 8.85. The van der Waals surface area contributed by atoms with Gasteiger partial charge in [0.15, 0.2) is 4.32 Å². The van der Waals surface area contributed by atoms with Gasteiger partial charge < -0.3 is 4.57 Å². The van der Waals surface area contributed by atoms with Crippen molar-refractivity contribution in [1.82, 2.24) is 4.57 Å². The van der Waals surface area contributed by atoms with Gasteiger partial charge in [-0.05, 0) is 48.7 Å². The summed E-state index contributed by atoms with van der Waals surface area (Å²) in [7, 11) is 0. The van der Waals surface area contributed by atoms with E-state index < -0.39 is 4.92 Å². The summed E-state index contributed by atoms with van der Waals surface area (Å²) in [6.07, 6.45) is 5.54. The Balaban J connectivity index is 1.68. The predicted molar refractivity (Wildman–Crippen MR) is 126 cm³/mol. The third-order valence-corrected chi connectivity index (χ3v) is 6.51. The molecule has 0 unspecified atom stereocenters. The molecule has 1 aromatic heterocycles. The molecule has 4 rings (SSSR count). The van der Waals surface area contributed by atoms with Gasteiger partial charge in [0.25, 0.3) is 11.6 Å². The zero-order valence-corrected chi connectivity index (χ0v) is 18.2. The molecule has 1 aliphatic rings. The van der Waals surface area contributed by atoms with Gasteiger partial charge in [0.2, 0.25) is 0 Å². The van der Waals surface area contributed by atoms with Crippen LogP contribution in [0.3, 0.4) is 0 Å². The Morgan fingerprint density at radius 3 is 2.63 bits per heavy atom. The number of nitrogens with zero attached hydrogens (tertiary/aromatic N) is 3. The molecule has 0 radical (unpaired) electrons. The lowest BCUT2D eigenvalue weighted by molar-refractivity contribution is -0.384. The number of nitro groups is 1. The molecule has 0 aliphatic carbocycles. The SMILES string of the molecule is CSc1cccc(N2C(=O)/C(=C/c3cccn3-c3cccc([N+](=O)[O-])c3)SC2=S)c1. The Labute approximate surface area is 186 Å². The van der Waals surface area contributed by atoms with Gasteiger partial charge in [-0.25, -0.2) is 0 Å². The lowest BCUT2D eigenvalue weighted by Crippen LogP contribution is -2.27. The van der Waals surface area contributed by atoms with Gasteiger partial charge >= 0.3 is 0 Å². The number of thioether (sulfide) groups is 2. The molecule has 1 aliphatic heterocycles. The standard InChI is InChI=1S/C21H15N3O3S3/c1-29-18-9-3-6-16(12-18)23-20(25)19(30-21(23)28)13-15-8-4-10-22(15)14-5-2-7-17(11-14)24(26)27/h2-13H,1H3/b19-13-. The maximum absolute atomic E-state index is 13.1. The number of hydrogen-bond donors (Lipinski definition) is 0. The number of nitro benzene ring substituents is 1. The van der Waals surface area contributed by atoms with Crippen molar-refractivity contribution in [2.75, 3.05) is 11.2 Å². The molecule has 0 N–H and O–H groups in total. The predicted octanol–water partition coefficient (Wildman–Crippen LogP) is 5.51. The first-order valence-electron chi connectivity index (χ1n) is 8.82. The largest absolute Gasteiger partial charge is 0.317 e. The summed E-state index contributed by atoms with van der Waals surface area (Å²) in [6.45, 7) is 0. The lowest BCUT2D eigenvalue weighted by Gasteiger charge is -2.15. The highest BCUT2D eigenvalue weighted by Gasteiger charge is 2.33. The van der Waals surface area contributed by atoms with Crippen LogP contribution in [-0.4, -0.2) is 26.0 Å². The number of aromatic nitrogens is 1. The molecule has 1 saturated heterocycles. The quantitative estimate of drug-likeness (QED) is 0.167. The van der Waals surface area contributed by atoms with E-state index in [9.17, 15) is 14.9 Å². The zero-order chi connectivity index (χ0) is 21.3. The van der Waals surface area contributed by atoms with Crippen LogP contribution in [0.15, 0.2) is 76.7 Å². The number of non-ortho nitro benzene ring substituents is 1. The molecule has 2 aromatic carbocycles. The summed E-state index contributed by atoms with van der Waals surface area (Å²) in [4.78, 5) is 26.8. The molecule has 9 heteroatoms. The molecular formula is C21H15N3O3S3. The van der Waals surface area contributed by atoms with E-state index in [0.717, 1.165) is 16.3 Å².